The molecule has 4 heteroatoms. The summed E-state index contributed by atoms with van der Waals surface area (Å²) in [7, 11) is 0. The fraction of sp³-hybridized carbons (Fsp3) is 0.308. The molecule has 2 rings (SSSR count). The lowest BCUT2D eigenvalue weighted by atomic mass is 9.89. The molecule has 0 aliphatic carbocycles. The zero-order valence-corrected chi connectivity index (χ0v) is 9.80. The van der Waals surface area contributed by atoms with Crippen LogP contribution in [0.1, 0.15) is 31.3 Å². The van der Waals surface area contributed by atoms with E-state index in [4.69, 9.17) is 4.42 Å². The van der Waals surface area contributed by atoms with Crippen LogP contribution in [0, 0.1) is 17.0 Å². The van der Waals surface area contributed by atoms with Gasteiger partial charge in [-0.2, -0.15) is 4.39 Å². The first-order chi connectivity index (χ1) is 7.80. The van der Waals surface area contributed by atoms with Crippen molar-refractivity contribution in [3.8, 4) is 0 Å². The Hall–Kier alpha value is -1.71. The number of rotatable bonds is 1. The molecule has 0 unspecified atom stereocenters. The highest BCUT2D eigenvalue weighted by Gasteiger charge is 2.27. The van der Waals surface area contributed by atoms with Gasteiger partial charge in [-0.05, 0) is 18.2 Å². The van der Waals surface area contributed by atoms with Crippen LogP contribution >= 0.6 is 0 Å². The lowest BCUT2D eigenvalue weighted by molar-refractivity contribution is 0.0830. The second kappa shape index (κ2) is 3.65. The van der Waals surface area contributed by atoms with Crippen LogP contribution in [-0.4, -0.2) is 5.78 Å². The van der Waals surface area contributed by atoms with Crippen molar-refractivity contribution in [1.29, 1.82) is 0 Å². The van der Waals surface area contributed by atoms with E-state index >= 15 is 0 Å². The van der Waals surface area contributed by atoms with Gasteiger partial charge in [-0.25, -0.2) is 4.39 Å². The molecule has 1 heterocycles. The van der Waals surface area contributed by atoms with Gasteiger partial charge in [0.1, 0.15) is 0 Å². The normalized spacial score (nSPS) is 12.1. The fourth-order valence-electron chi connectivity index (χ4n) is 1.53. The van der Waals surface area contributed by atoms with Crippen LogP contribution in [0.4, 0.5) is 8.78 Å². The van der Waals surface area contributed by atoms with Crippen molar-refractivity contribution >= 4 is 16.8 Å². The van der Waals surface area contributed by atoms with Gasteiger partial charge in [0.2, 0.25) is 11.6 Å². The number of carbonyl (C=O) groups excluding carboxylic acids is 1. The van der Waals surface area contributed by atoms with Crippen LogP contribution in [0.5, 0.6) is 0 Å². The van der Waals surface area contributed by atoms with E-state index in [0.29, 0.717) is 5.39 Å². The summed E-state index contributed by atoms with van der Waals surface area (Å²) >= 11 is 0. The maximum Gasteiger partial charge on any atom is 0.203 e. The van der Waals surface area contributed by atoms with E-state index in [1.165, 1.54) is 12.1 Å². The van der Waals surface area contributed by atoms with Crippen molar-refractivity contribution < 1.29 is 18.0 Å². The minimum absolute atomic E-state index is 0.0528. The molecule has 90 valence electrons. The van der Waals surface area contributed by atoms with Crippen LogP contribution in [0.25, 0.3) is 11.0 Å². The van der Waals surface area contributed by atoms with E-state index in [9.17, 15) is 13.6 Å². The topological polar surface area (TPSA) is 30.2 Å². The number of hydrogen-bond acceptors (Lipinski definition) is 2. The Balaban J connectivity index is 2.60. The molecule has 0 N–H and O–H groups in total. The van der Waals surface area contributed by atoms with Crippen LogP contribution in [-0.2, 0) is 0 Å². The number of fused-ring (bicyclic) bond motifs is 1. The van der Waals surface area contributed by atoms with Crippen LogP contribution in [0.2, 0.25) is 0 Å². The van der Waals surface area contributed by atoms with Crippen LogP contribution in [0.15, 0.2) is 22.6 Å². The van der Waals surface area contributed by atoms with Crippen LogP contribution < -0.4 is 0 Å². The zero-order valence-electron chi connectivity index (χ0n) is 9.80. The lowest BCUT2D eigenvalue weighted by Crippen LogP contribution is -2.19. The molecule has 0 radical (unpaired) electrons. The van der Waals surface area contributed by atoms with E-state index in [2.05, 4.69) is 0 Å². The van der Waals surface area contributed by atoms with Gasteiger partial charge in [0.15, 0.2) is 17.2 Å². The summed E-state index contributed by atoms with van der Waals surface area (Å²) in [5.41, 5.74) is -0.833. The number of hydrogen-bond donors (Lipinski definition) is 0. The highest BCUT2D eigenvalue weighted by Crippen LogP contribution is 2.28. The second-order valence-electron chi connectivity index (χ2n) is 4.97. The van der Waals surface area contributed by atoms with E-state index in [1.54, 1.807) is 20.8 Å². The third kappa shape index (κ3) is 1.95. The van der Waals surface area contributed by atoms with Gasteiger partial charge in [-0.3, -0.25) is 4.79 Å². The Morgan fingerprint density at radius 3 is 2.47 bits per heavy atom. The maximum absolute atomic E-state index is 13.4. The molecular formula is C13H12F2O2. The highest BCUT2D eigenvalue weighted by atomic mass is 19.2. The summed E-state index contributed by atoms with van der Waals surface area (Å²) in [6, 6.07) is 3.83. The van der Waals surface area contributed by atoms with Gasteiger partial charge in [0.25, 0.3) is 0 Å². The number of benzene rings is 1. The van der Waals surface area contributed by atoms with Crippen molar-refractivity contribution in [2.24, 2.45) is 5.41 Å². The van der Waals surface area contributed by atoms with Crippen molar-refractivity contribution in [3.05, 3.63) is 35.6 Å². The molecule has 0 saturated heterocycles. The first kappa shape index (κ1) is 11.8. The largest absolute Gasteiger partial charge is 0.450 e. The van der Waals surface area contributed by atoms with Gasteiger partial charge in [0, 0.05) is 10.8 Å². The Kier molecular flexibility index (Phi) is 2.53. The number of Topliss-reactive ketones (excluding diaryl/α,β-unsaturated/α-hetero) is 1. The minimum atomic E-state index is -1.06. The van der Waals surface area contributed by atoms with Gasteiger partial charge >= 0.3 is 0 Å². The molecule has 0 aliphatic rings. The molecule has 2 nitrogen and oxygen atoms in total. The molecule has 17 heavy (non-hydrogen) atoms. The summed E-state index contributed by atoms with van der Waals surface area (Å²) < 4.78 is 31.5. The molecule has 2 aromatic rings. The standard InChI is InChI=1S/C13H12F2O2/c1-13(2,3)12(16)9-6-7-4-5-8(14)10(15)11(7)17-9/h4-6H,1-3H3. The highest BCUT2D eigenvalue weighted by molar-refractivity contribution is 6.00. The molecule has 0 bridgehead atoms. The van der Waals surface area contributed by atoms with Gasteiger partial charge in [-0.15, -0.1) is 0 Å². The average Bonchev–Trinajstić information content (AvgIpc) is 2.65. The van der Waals surface area contributed by atoms with Gasteiger partial charge in [0.05, 0.1) is 0 Å². The summed E-state index contributed by atoms with van der Waals surface area (Å²) in [5.74, 6) is -2.23. The third-order valence-electron chi connectivity index (χ3n) is 2.48. The molecule has 0 amide bonds. The number of carbonyl (C=O) groups is 1. The smallest absolute Gasteiger partial charge is 0.203 e. The predicted octanol–water partition coefficient (Wildman–Crippen LogP) is 3.94. The first-order valence-electron chi connectivity index (χ1n) is 5.23. The summed E-state index contributed by atoms with van der Waals surface area (Å²) in [5, 5.41) is 0.386. The Bertz CT molecular complexity index is 591. The second-order valence-corrected chi connectivity index (χ2v) is 4.97. The Morgan fingerprint density at radius 1 is 1.24 bits per heavy atom. The van der Waals surface area contributed by atoms with E-state index in [-0.39, 0.29) is 17.1 Å². The zero-order chi connectivity index (χ0) is 12.8. The average molecular weight is 238 g/mol. The Morgan fingerprint density at radius 2 is 1.88 bits per heavy atom. The molecule has 1 aromatic carbocycles. The van der Waals surface area contributed by atoms with Gasteiger partial charge < -0.3 is 4.42 Å². The van der Waals surface area contributed by atoms with Crippen LogP contribution in [0.3, 0.4) is 0 Å². The third-order valence-corrected chi connectivity index (χ3v) is 2.48. The maximum atomic E-state index is 13.4. The number of halogens is 2. The molecule has 0 spiro atoms. The quantitative estimate of drug-likeness (QED) is 0.704. The number of ketones is 1. The summed E-state index contributed by atoms with van der Waals surface area (Å²) in [6.45, 7) is 5.21. The minimum Gasteiger partial charge on any atom is -0.450 e. The van der Waals surface area contributed by atoms with Gasteiger partial charge in [-0.1, -0.05) is 20.8 Å². The molecule has 1 aromatic heterocycles. The molecule has 0 saturated carbocycles. The van der Waals surface area contributed by atoms with Crippen molar-refractivity contribution in [2.45, 2.75) is 20.8 Å². The molecule has 0 aliphatic heterocycles. The molecular weight excluding hydrogens is 226 g/mol. The van der Waals surface area contributed by atoms with E-state index < -0.39 is 17.0 Å². The molecule has 0 atom stereocenters. The Labute approximate surface area is 97.2 Å². The summed E-state index contributed by atoms with van der Waals surface area (Å²) in [4.78, 5) is 11.9. The SMILES string of the molecule is CC(C)(C)C(=O)c1cc2ccc(F)c(F)c2o1. The number of furan rings is 1. The van der Waals surface area contributed by atoms with E-state index in [0.717, 1.165) is 6.07 Å². The summed E-state index contributed by atoms with van der Waals surface area (Å²) in [6.07, 6.45) is 0. The van der Waals surface area contributed by atoms with Crippen molar-refractivity contribution in [1.82, 2.24) is 0 Å². The predicted molar refractivity (Wildman–Crippen MR) is 59.9 cm³/mol. The monoisotopic (exact) mass is 238 g/mol. The lowest BCUT2D eigenvalue weighted by Gasteiger charge is -2.13. The molecule has 0 fully saturated rings. The first-order valence-corrected chi connectivity index (χ1v) is 5.23. The van der Waals surface area contributed by atoms with Crippen molar-refractivity contribution in [2.75, 3.05) is 0 Å². The van der Waals surface area contributed by atoms with E-state index in [1.807, 2.05) is 0 Å². The fourth-order valence-corrected chi connectivity index (χ4v) is 1.53. The van der Waals surface area contributed by atoms with Crippen molar-refractivity contribution in [3.63, 3.8) is 0 Å².